The zero-order valence-electron chi connectivity index (χ0n) is 14.8. The van der Waals surface area contributed by atoms with Gasteiger partial charge in [0.1, 0.15) is 11.3 Å². The van der Waals surface area contributed by atoms with Crippen molar-refractivity contribution >= 4 is 23.3 Å². The topological polar surface area (TPSA) is 64.6 Å². The van der Waals surface area contributed by atoms with Gasteiger partial charge in [0, 0.05) is 12.4 Å². The lowest BCUT2D eigenvalue weighted by atomic mass is 9.99. The van der Waals surface area contributed by atoms with Gasteiger partial charge in [0.25, 0.3) is 0 Å². The third-order valence-corrected chi connectivity index (χ3v) is 4.92. The molecule has 3 aromatic rings. The molecule has 27 heavy (non-hydrogen) atoms. The highest BCUT2D eigenvalue weighted by Gasteiger charge is 2.32. The summed E-state index contributed by atoms with van der Waals surface area (Å²) in [5.74, 6) is 1.77. The maximum Gasteiger partial charge on any atom is 0.347 e. The molecular formula is C21H17N3O3. The van der Waals surface area contributed by atoms with Gasteiger partial charge in [-0.3, -0.25) is 4.90 Å². The van der Waals surface area contributed by atoms with Crippen molar-refractivity contribution in [3.63, 3.8) is 0 Å². The molecule has 4 heterocycles. The lowest BCUT2D eigenvalue weighted by molar-refractivity contribution is 0.0738. The molecule has 0 amide bonds. The van der Waals surface area contributed by atoms with E-state index in [2.05, 4.69) is 23.0 Å². The number of hydrogen-bond donors (Lipinski definition) is 0. The molecule has 0 unspecified atom stereocenters. The number of anilines is 3. The molecule has 2 aliphatic rings. The van der Waals surface area contributed by atoms with Crippen LogP contribution in [-0.4, -0.2) is 22.5 Å². The van der Waals surface area contributed by atoms with Crippen molar-refractivity contribution in [1.82, 2.24) is 9.97 Å². The third-order valence-electron chi connectivity index (χ3n) is 4.92. The SMILES string of the molecule is Cc1ccc(N2c3ncccc3OC(=O)c3cccnc32)c2c1CCCO2. The number of hydrogen-bond acceptors (Lipinski definition) is 6. The number of rotatable bonds is 1. The smallest absolute Gasteiger partial charge is 0.347 e. The van der Waals surface area contributed by atoms with Gasteiger partial charge in [0.2, 0.25) is 0 Å². The number of nitrogens with zero attached hydrogens (tertiary/aromatic N) is 3. The molecule has 5 rings (SSSR count). The summed E-state index contributed by atoms with van der Waals surface area (Å²) < 4.78 is 11.6. The van der Waals surface area contributed by atoms with Crippen molar-refractivity contribution in [1.29, 1.82) is 0 Å². The van der Waals surface area contributed by atoms with E-state index in [0.717, 1.165) is 24.3 Å². The average molecular weight is 359 g/mol. The van der Waals surface area contributed by atoms with E-state index in [9.17, 15) is 4.79 Å². The molecule has 0 saturated carbocycles. The minimum Gasteiger partial charge on any atom is -0.491 e. The number of carbonyl (C=O) groups excluding carboxylic acids is 1. The van der Waals surface area contributed by atoms with Crippen LogP contribution in [0.5, 0.6) is 11.5 Å². The maximum absolute atomic E-state index is 12.6. The van der Waals surface area contributed by atoms with Crippen LogP contribution in [0.1, 0.15) is 27.9 Å². The molecule has 6 nitrogen and oxygen atoms in total. The largest absolute Gasteiger partial charge is 0.491 e. The Morgan fingerprint density at radius 2 is 1.85 bits per heavy atom. The third kappa shape index (κ3) is 2.44. The van der Waals surface area contributed by atoms with Crippen molar-refractivity contribution in [3.8, 4) is 11.5 Å². The summed E-state index contributed by atoms with van der Waals surface area (Å²) in [6.45, 7) is 2.75. The Morgan fingerprint density at radius 3 is 2.74 bits per heavy atom. The number of aryl methyl sites for hydroxylation is 1. The highest BCUT2D eigenvalue weighted by Crippen LogP contribution is 2.47. The predicted molar refractivity (Wildman–Crippen MR) is 100 cm³/mol. The van der Waals surface area contributed by atoms with Crippen LogP contribution in [0, 0.1) is 6.92 Å². The number of aromatic nitrogens is 2. The molecule has 0 radical (unpaired) electrons. The summed E-state index contributed by atoms with van der Waals surface area (Å²) >= 11 is 0. The summed E-state index contributed by atoms with van der Waals surface area (Å²) in [5, 5.41) is 0. The average Bonchev–Trinajstić information content (AvgIpc) is 2.83. The van der Waals surface area contributed by atoms with E-state index >= 15 is 0 Å². The van der Waals surface area contributed by atoms with Crippen LogP contribution >= 0.6 is 0 Å². The number of benzene rings is 1. The van der Waals surface area contributed by atoms with Crippen LogP contribution in [0.15, 0.2) is 48.8 Å². The van der Waals surface area contributed by atoms with Gasteiger partial charge in [-0.25, -0.2) is 14.8 Å². The van der Waals surface area contributed by atoms with E-state index in [1.165, 1.54) is 11.1 Å². The molecule has 134 valence electrons. The van der Waals surface area contributed by atoms with Gasteiger partial charge in [-0.1, -0.05) is 6.07 Å². The first-order chi connectivity index (χ1) is 13.2. The summed E-state index contributed by atoms with van der Waals surface area (Å²) in [4.78, 5) is 23.5. The van der Waals surface area contributed by atoms with E-state index in [0.29, 0.717) is 29.6 Å². The highest BCUT2D eigenvalue weighted by atomic mass is 16.5. The Hall–Kier alpha value is -3.41. The molecule has 0 N–H and O–H groups in total. The van der Waals surface area contributed by atoms with E-state index in [1.807, 2.05) is 11.0 Å². The second-order valence-electron chi connectivity index (χ2n) is 6.59. The zero-order chi connectivity index (χ0) is 18.4. The quantitative estimate of drug-likeness (QED) is 0.609. The predicted octanol–water partition coefficient (Wildman–Crippen LogP) is 4.11. The van der Waals surface area contributed by atoms with Crippen molar-refractivity contribution < 1.29 is 14.3 Å². The van der Waals surface area contributed by atoms with Crippen LogP contribution in [0.25, 0.3) is 0 Å². The molecule has 0 saturated heterocycles. The van der Waals surface area contributed by atoms with Crippen molar-refractivity contribution in [2.45, 2.75) is 19.8 Å². The minimum absolute atomic E-state index is 0.389. The Morgan fingerprint density at radius 1 is 1.04 bits per heavy atom. The first-order valence-electron chi connectivity index (χ1n) is 8.91. The fourth-order valence-electron chi connectivity index (χ4n) is 3.63. The maximum atomic E-state index is 12.6. The second kappa shape index (κ2) is 6.09. The van der Waals surface area contributed by atoms with Crippen LogP contribution in [0.2, 0.25) is 0 Å². The molecule has 0 spiro atoms. The normalized spacial score (nSPS) is 15.0. The van der Waals surface area contributed by atoms with E-state index in [4.69, 9.17) is 9.47 Å². The fourth-order valence-corrected chi connectivity index (χ4v) is 3.63. The fraction of sp³-hybridized carbons (Fsp3) is 0.190. The van der Waals surface area contributed by atoms with Crippen LogP contribution in [0.4, 0.5) is 17.3 Å². The Bertz CT molecular complexity index is 1060. The van der Waals surface area contributed by atoms with Gasteiger partial charge < -0.3 is 9.47 Å². The van der Waals surface area contributed by atoms with Crippen LogP contribution in [-0.2, 0) is 6.42 Å². The minimum atomic E-state index is -0.447. The van der Waals surface area contributed by atoms with Crippen molar-refractivity contribution in [3.05, 3.63) is 65.5 Å². The lowest BCUT2D eigenvalue weighted by Gasteiger charge is -2.29. The molecule has 0 bridgehead atoms. The number of ether oxygens (including phenoxy) is 2. The summed E-state index contributed by atoms with van der Waals surface area (Å²) in [5.41, 5.74) is 3.58. The number of pyridine rings is 2. The molecule has 6 heteroatoms. The first kappa shape index (κ1) is 15.8. The molecule has 0 fully saturated rings. The van der Waals surface area contributed by atoms with E-state index < -0.39 is 5.97 Å². The van der Waals surface area contributed by atoms with Crippen molar-refractivity contribution in [2.24, 2.45) is 0 Å². The summed E-state index contributed by atoms with van der Waals surface area (Å²) in [6, 6.07) is 11.0. The summed E-state index contributed by atoms with van der Waals surface area (Å²) in [6.07, 6.45) is 5.29. The highest BCUT2D eigenvalue weighted by molar-refractivity contribution is 6.01. The van der Waals surface area contributed by atoms with Gasteiger partial charge in [-0.15, -0.1) is 0 Å². The van der Waals surface area contributed by atoms with Gasteiger partial charge in [0.05, 0.1) is 12.3 Å². The van der Waals surface area contributed by atoms with Gasteiger partial charge in [-0.2, -0.15) is 0 Å². The van der Waals surface area contributed by atoms with Gasteiger partial charge in [0.15, 0.2) is 17.4 Å². The Kier molecular flexibility index (Phi) is 3.57. The van der Waals surface area contributed by atoms with Crippen molar-refractivity contribution in [2.75, 3.05) is 11.5 Å². The van der Waals surface area contributed by atoms with E-state index in [-0.39, 0.29) is 0 Å². The molecule has 0 aliphatic carbocycles. The van der Waals surface area contributed by atoms with Gasteiger partial charge in [-0.05, 0) is 61.2 Å². The van der Waals surface area contributed by atoms with Crippen LogP contribution in [0.3, 0.4) is 0 Å². The molecular weight excluding hydrogens is 342 g/mol. The standard InChI is InChI=1S/C21H17N3O3/c1-13-8-9-16(18-14(13)6-4-12-26-18)24-19-15(5-2-10-22-19)21(25)27-17-7-3-11-23-20(17)24/h2-3,5,7-11H,4,6,12H2,1H3. The Labute approximate surface area is 156 Å². The summed E-state index contributed by atoms with van der Waals surface area (Å²) in [7, 11) is 0. The number of fused-ring (bicyclic) bond motifs is 3. The monoisotopic (exact) mass is 359 g/mol. The first-order valence-corrected chi connectivity index (χ1v) is 8.91. The van der Waals surface area contributed by atoms with Crippen LogP contribution < -0.4 is 14.4 Å². The number of esters is 1. The second-order valence-corrected chi connectivity index (χ2v) is 6.59. The van der Waals surface area contributed by atoms with E-state index in [1.54, 1.807) is 36.7 Å². The zero-order valence-corrected chi connectivity index (χ0v) is 14.8. The van der Waals surface area contributed by atoms with Gasteiger partial charge >= 0.3 is 5.97 Å². The Balaban J connectivity index is 1.82. The molecule has 2 aromatic heterocycles. The number of carbonyl (C=O) groups is 1. The lowest BCUT2D eigenvalue weighted by Crippen LogP contribution is -2.18. The molecule has 2 aliphatic heterocycles. The molecule has 0 atom stereocenters. The molecule has 1 aromatic carbocycles.